The van der Waals surface area contributed by atoms with Crippen molar-refractivity contribution < 1.29 is 4.79 Å². The van der Waals surface area contributed by atoms with Gasteiger partial charge in [-0.2, -0.15) is 0 Å². The maximum absolute atomic E-state index is 12.3. The Labute approximate surface area is 126 Å². The van der Waals surface area contributed by atoms with E-state index in [1.807, 2.05) is 39.0 Å². The minimum absolute atomic E-state index is 0.194. The van der Waals surface area contributed by atoms with Gasteiger partial charge in [0.15, 0.2) is 4.34 Å². The molecule has 1 heterocycles. The van der Waals surface area contributed by atoms with Crippen LogP contribution in [0.5, 0.6) is 0 Å². The second-order valence-electron chi connectivity index (χ2n) is 4.35. The van der Waals surface area contributed by atoms with E-state index in [0.29, 0.717) is 10.7 Å². The Kier molecular flexibility index (Phi) is 4.67. The Balaban J connectivity index is 2.24. The van der Waals surface area contributed by atoms with Crippen LogP contribution >= 0.6 is 23.1 Å². The van der Waals surface area contributed by atoms with Crippen LogP contribution in [0.15, 0.2) is 22.5 Å². The molecule has 20 heavy (non-hydrogen) atoms. The predicted octanol–water partition coefficient (Wildman–Crippen LogP) is 3.71. The maximum Gasteiger partial charge on any atom is 0.269 e. The number of aryl methyl sites for hydroxylation is 2. The van der Waals surface area contributed by atoms with Crippen molar-refractivity contribution in [3.8, 4) is 0 Å². The molecule has 0 atom stereocenters. The second kappa shape index (κ2) is 6.28. The molecule has 1 aromatic heterocycles. The zero-order valence-electron chi connectivity index (χ0n) is 11.7. The average molecular weight is 307 g/mol. The lowest BCUT2D eigenvalue weighted by atomic mass is 10.1. The lowest BCUT2D eigenvalue weighted by Crippen LogP contribution is -2.14. The van der Waals surface area contributed by atoms with Crippen LogP contribution in [0.4, 0.5) is 11.5 Å². The van der Waals surface area contributed by atoms with Crippen molar-refractivity contribution in [2.45, 2.75) is 25.1 Å². The van der Waals surface area contributed by atoms with E-state index in [9.17, 15) is 4.79 Å². The molecule has 0 aliphatic carbocycles. The Morgan fingerprint density at radius 3 is 2.65 bits per heavy atom. The van der Waals surface area contributed by atoms with Crippen molar-refractivity contribution in [3.05, 3.63) is 34.2 Å². The normalized spacial score (nSPS) is 10.6. The topological polar surface area (TPSA) is 68.0 Å². The number of benzene rings is 1. The third kappa shape index (κ3) is 3.13. The highest BCUT2D eigenvalue weighted by molar-refractivity contribution is 8.01. The molecular weight excluding hydrogens is 290 g/mol. The number of thiazole rings is 1. The molecule has 1 amide bonds. The van der Waals surface area contributed by atoms with E-state index in [4.69, 9.17) is 5.73 Å². The van der Waals surface area contributed by atoms with Gasteiger partial charge in [0, 0.05) is 5.69 Å². The molecule has 4 nitrogen and oxygen atoms in total. The first kappa shape index (κ1) is 14.9. The van der Waals surface area contributed by atoms with Crippen molar-refractivity contribution >= 4 is 40.5 Å². The summed E-state index contributed by atoms with van der Waals surface area (Å²) in [6.07, 6.45) is 0. The molecule has 0 saturated carbocycles. The first-order valence-corrected chi connectivity index (χ1v) is 8.09. The number of nitrogens with one attached hydrogen (secondary N) is 1. The van der Waals surface area contributed by atoms with Crippen LogP contribution in [0.3, 0.4) is 0 Å². The number of hydrogen-bond donors (Lipinski definition) is 2. The first-order chi connectivity index (χ1) is 9.52. The molecular formula is C14H17N3OS2. The van der Waals surface area contributed by atoms with Crippen LogP contribution in [-0.2, 0) is 0 Å². The van der Waals surface area contributed by atoms with Gasteiger partial charge in [-0.05, 0) is 30.7 Å². The zero-order valence-corrected chi connectivity index (χ0v) is 13.3. The summed E-state index contributed by atoms with van der Waals surface area (Å²) in [5.74, 6) is 1.01. The van der Waals surface area contributed by atoms with E-state index < -0.39 is 0 Å². The van der Waals surface area contributed by atoms with Gasteiger partial charge < -0.3 is 11.1 Å². The van der Waals surface area contributed by atoms with Crippen molar-refractivity contribution in [2.24, 2.45) is 0 Å². The molecule has 3 N–H and O–H groups in total. The Morgan fingerprint density at radius 1 is 1.40 bits per heavy atom. The first-order valence-electron chi connectivity index (χ1n) is 6.29. The summed E-state index contributed by atoms with van der Waals surface area (Å²) < 4.78 is 0.830. The number of carbonyl (C=O) groups excluding carboxylic acids is 1. The number of nitrogen functional groups attached to an aromatic ring is 1. The Morgan fingerprint density at radius 2 is 2.05 bits per heavy atom. The molecule has 1 aromatic carbocycles. The molecule has 0 bridgehead atoms. The molecule has 0 spiro atoms. The number of rotatable bonds is 4. The zero-order chi connectivity index (χ0) is 14.7. The molecule has 6 heteroatoms. The monoisotopic (exact) mass is 307 g/mol. The van der Waals surface area contributed by atoms with E-state index in [0.717, 1.165) is 26.9 Å². The molecule has 0 radical (unpaired) electrons. The van der Waals surface area contributed by atoms with Crippen molar-refractivity contribution in [3.63, 3.8) is 0 Å². The summed E-state index contributed by atoms with van der Waals surface area (Å²) in [5.41, 5.74) is 8.73. The highest BCUT2D eigenvalue weighted by atomic mass is 32.2. The second-order valence-corrected chi connectivity index (χ2v) is 6.86. The third-order valence-electron chi connectivity index (χ3n) is 2.83. The quantitative estimate of drug-likeness (QED) is 0.845. The summed E-state index contributed by atoms with van der Waals surface area (Å²) >= 11 is 2.93. The van der Waals surface area contributed by atoms with Gasteiger partial charge in [0.2, 0.25) is 0 Å². The summed E-state index contributed by atoms with van der Waals surface area (Å²) in [6, 6.07) is 5.91. The number of anilines is 2. The third-order valence-corrected chi connectivity index (χ3v) is 4.92. The highest BCUT2D eigenvalue weighted by Crippen LogP contribution is 2.30. The Hall–Kier alpha value is -1.53. The number of amides is 1. The van der Waals surface area contributed by atoms with Gasteiger partial charge in [0.25, 0.3) is 5.91 Å². The van der Waals surface area contributed by atoms with E-state index >= 15 is 0 Å². The SMILES string of the molecule is CCSc1nc(N)c(C(=O)Nc2c(C)cccc2C)s1. The number of carbonyl (C=O) groups is 1. The summed E-state index contributed by atoms with van der Waals surface area (Å²) in [4.78, 5) is 17.0. The van der Waals surface area contributed by atoms with E-state index in [1.54, 1.807) is 11.8 Å². The standard InChI is InChI=1S/C14H17N3OS2/c1-4-19-14-17-12(15)11(20-14)13(18)16-10-8(2)6-5-7-9(10)3/h5-7H,4,15H2,1-3H3,(H,16,18). The molecule has 0 saturated heterocycles. The number of hydrogen-bond acceptors (Lipinski definition) is 5. The van der Waals surface area contributed by atoms with Gasteiger partial charge in [0.05, 0.1) is 0 Å². The van der Waals surface area contributed by atoms with E-state index in [2.05, 4.69) is 10.3 Å². The van der Waals surface area contributed by atoms with Crippen LogP contribution < -0.4 is 11.1 Å². The fourth-order valence-electron chi connectivity index (χ4n) is 1.84. The smallest absolute Gasteiger partial charge is 0.269 e. The summed E-state index contributed by atoms with van der Waals surface area (Å²) in [5, 5.41) is 2.93. The summed E-state index contributed by atoms with van der Waals surface area (Å²) in [7, 11) is 0. The molecule has 0 fully saturated rings. The number of nitrogens with two attached hydrogens (primary N) is 1. The fraction of sp³-hybridized carbons (Fsp3) is 0.286. The van der Waals surface area contributed by atoms with Gasteiger partial charge in [0.1, 0.15) is 10.7 Å². The number of para-hydroxylation sites is 1. The molecule has 2 rings (SSSR count). The van der Waals surface area contributed by atoms with Crippen molar-refractivity contribution in [2.75, 3.05) is 16.8 Å². The van der Waals surface area contributed by atoms with Crippen molar-refractivity contribution in [1.29, 1.82) is 0 Å². The molecule has 2 aromatic rings. The number of thioether (sulfide) groups is 1. The molecule has 0 aliphatic heterocycles. The average Bonchev–Trinajstić information content (AvgIpc) is 2.75. The van der Waals surface area contributed by atoms with Crippen LogP contribution in [0.1, 0.15) is 27.7 Å². The highest BCUT2D eigenvalue weighted by Gasteiger charge is 2.17. The van der Waals surface area contributed by atoms with Gasteiger partial charge in [-0.3, -0.25) is 4.79 Å². The lowest BCUT2D eigenvalue weighted by molar-refractivity contribution is 0.103. The van der Waals surface area contributed by atoms with Crippen LogP contribution in [0.25, 0.3) is 0 Å². The maximum atomic E-state index is 12.3. The van der Waals surface area contributed by atoms with Gasteiger partial charge in [-0.25, -0.2) is 4.98 Å². The van der Waals surface area contributed by atoms with E-state index in [-0.39, 0.29) is 5.91 Å². The summed E-state index contributed by atoms with van der Waals surface area (Å²) in [6.45, 7) is 5.98. The predicted molar refractivity (Wildman–Crippen MR) is 86.8 cm³/mol. The lowest BCUT2D eigenvalue weighted by Gasteiger charge is -2.10. The van der Waals surface area contributed by atoms with Crippen LogP contribution in [-0.4, -0.2) is 16.6 Å². The number of nitrogens with zero attached hydrogens (tertiary/aromatic N) is 1. The molecule has 0 unspecified atom stereocenters. The molecule has 0 aliphatic rings. The Bertz CT molecular complexity index is 617. The van der Waals surface area contributed by atoms with Crippen LogP contribution in [0, 0.1) is 13.8 Å². The van der Waals surface area contributed by atoms with E-state index in [1.165, 1.54) is 11.3 Å². The number of aromatic nitrogens is 1. The minimum atomic E-state index is -0.194. The minimum Gasteiger partial charge on any atom is -0.382 e. The van der Waals surface area contributed by atoms with Gasteiger partial charge in [-0.15, -0.1) is 11.3 Å². The largest absolute Gasteiger partial charge is 0.382 e. The van der Waals surface area contributed by atoms with Crippen LogP contribution in [0.2, 0.25) is 0 Å². The van der Waals surface area contributed by atoms with Crippen molar-refractivity contribution in [1.82, 2.24) is 4.98 Å². The fourth-order valence-corrected chi connectivity index (χ4v) is 3.70. The van der Waals surface area contributed by atoms with Gasteiger partial charge in [-0.1, -0.05) is 36.9 Å². The van der Waals surface area contributed by atoms with Gasteiger partial charge >= 0.3 is 0 Å². The molecule has 106 valence electrons.